The number of halogens is 1. The van der Waals surface area contributed by atoms with Crippen LogP contribution in [0.4, 0.5) is 4.79 Å². The summed E-state index contributed by atoms with van der Waals surface area (Å²) < 4.78 is 0. The second-order valence-electron chi connectivity index (χ2n) is 3.78. The lowest BCUT2D eigenvalue weighted by Crippen LogP contribution is -2.22. The Kier molecular flexibility index (Phi) is 3.68. The third-order valence-corrected chi connectivity index (χ3v) is 3.54. The first-order valence-corrected chi connectivity index (χ1v) is 6.27. The molecule has 1 unspecified atom stereocenters. The first kappa shape index (κ1) is 12.0. The average molecular weight is 297 g/mol. The normalized spacial score (nSPS) is 12.5. The van der Waals surface area contributed by atoms with E-state index in [1.165, 1.54) is 5.39 Å². The molecular formula is C12H13BrN2O2. The van der Waals surface area contributed by atoms with Gasteiger partial charge in [0, 0.05) is 23.8 Å². The molecule has 0 spiro atoms. The molecule has 1 heterocycles. The number of amides is 1. The fraction of sp³-hybridized carbons (Fsp3) is 0.250. The van der Waals surface area contributed by atoms with Crippen LogP contribution in [0.25, 0.3) is 10.8 Å². The van der Waals surface area contributed by atoms with E-state index in [0.29, 0.717) is 13.0 Å². The number of aromatic nitrogens is 1. The molecule has 0 aliphatic rings. The van der Waals surface area contributed by atoms with Crippen molar-refractivity contribution in [1.82, 2.24) is 10.3 Å². The van der Waals surface area contributed by atoms with Crippen molar-refractivity contribution in [3.63, 3.8) is 0 Å². The summed E-state index contributed by atoms with van der Waals surface area (Å²) in [4.78, 5) is 13.7. The zero-order chi connectivity index (χ0) is 12.3. The highest BCUT2D eigenvalue weighted by atomic mass is 79.9. The molecule has 0 aliphatic heterocycles. The highest BCUT2D eigenvalue weighted by Crippen LogP contribution is 2.31. The number of rotatable bonds is 4. The number of fused-ring (bicyclic) bond motifs is 1. The van der Waals surface area contributed by atoms with Gasteiger partial charge in [0.1, 0.15) is 0 Å². The zero-order valence-electron chi connectivity index (χ0n) is 9.11. The van der Waals surface area contributed by atoms with Crippen molar-refractivity contribution in [2.75, 3.05) is 6.54 Å². The summed E-state index contributed by atoms with van der Waals surface area (Å²) in [5, 5.41) is 13.2. The summed E-state index contributed by atoms with van der Waals surface area (Å²) in [5.41, 5.74) is 1.09. The van der Waals surface area contributed by atoms with Gasteiger partial charge in [-0.1, -0.05) is 40.2 Å². The fourth-order valence-electron chi connectivity index (χ4n) is 1.81. The number of aromatic amines is 1. The van der Waals surface area contributed by atoms with Crippen LogP contribution >= 0.6 is 15.9 Å². The van der Waals surface area contributed by atoms with Crippen molar-refractivity contribution in [3.05, 3.63) is 36.2 Å². The second kappa shape index (κ2) is 5.23. The maximum absolute atomic E-state index is 10.3. The molecule has 2 aromatic rings. The van der Waals surface area contributed by atoms with Crippen LogP contribution < -0.4 is 5.32 Å². The minimum Gasteiger partial charge on any atom is -0.465 e. The lowest BCUT2D eigenvalue weighted by molar-refractivity contribution is 0.194. The number of carboxylic acid groups (broad SMARTS) is 1. The van der Waals surface area contributed by atoms with Crippen molar-refractivity contribution in [1.29, 1.82) is 0 Å². The number of H-pyrrole nitrogens is 1. The van der Waals surface area contributed by atoms with E-state index in [1.54, 1.807) is 0 Å². The van der Waals surface area contributed by atoms with E-state index in [1.807, 2.05) is 24.4 Å². The van der Waals surface area contributed by atoms with E-state index >= 15 is 0 Å². The Morgan fingerprint density at radius 3 is 3.00 bits per heavy atom. The van der Waals surface area contributed by atoms with Crippen LogP contribution in [0.3, 0.4) is 0 Å². The minimum absolute atomic E-state index is 0.120. The van der Waals surface area contributed by atoms with E-state index in [2.05, 4.69) is 32.3 Å². The Balaban J connectivity index is 2.08. The van der Waals surface area contributed by atoms with Crippen LogP contribution in [0.15, 0.2) is 30.5 Å². The van der Waals surface area contributed by atoms with Gasteiger partial charge in [-0.25, -0.2) is 4.79 Å². The van der Waals surface area contributed by atoms with Gasteiger partial charge in [0.2, 0.25) is 0 Å². The van der Waals surface area contributed by atoms with E-state index in [9.17, 15) is 4.79 Å². The highest BCUT2D eigenvalue weighted by molar-refractivity contribution is 9.09. The molecule has 1 amide bonds. The molecule has 1 aromatic heterocycles. The van der Waals surface area contributed by atoms with Gasteiger partial charge in [0.05, 0.1) is 4.83 Å². The summed E-state index contributed by atoms with van der Waals surface area (Å²) in [6.45, 7) is 0.429. The molecule has 90 valence electrons. The molecule has 0 saturated heterocycles. The van der Waals surface area contributed by atoms with Gasteiger partial charge in [-0.15, -0.1) is 0 Å². The molecule has 0 fully saturated rings. The number of nitrogens with one attached hydrogen (secondary N) is 2. The molecule has 1 atom stereocenters. The molecule has 0 radical (unpaired) electrons. The van der Waals surface area contributed by atoms with Crippen molar-refractivity contribution >= 4 is 32.8 Å². The number of hydrogen-bond acceptors (Lipinski definition) is 1. The van der Waals surface area contributed by atoms with Gasteiger partial charge >= 0.3 is 6.09 Å². The van der Waals surface area contributed by atoms with Crippen molar-refractivity contribution < 1.29 is 9.90 Å². The average Bonchev–Trinajstić information content (AvgIpc) is 2.72. The van der Waals surface area contributed by atoms with E-state index in [4.69, 9.17) is 5.11 Å². The molecular weight excluding hydrogens is 284 g/mol. The first-order valence-electron chi connectivity index (χ1n) is 5.35. The van der Waals surface area contributed by atoms with Crippen molar-refractivity contribution in [2.45, 2.75) is 11.2 Å². The van der Waals surface area contributed by atoms with Gasteiger partial charge in [0.15, 0.2) is 0 Å². The lowest BCUT2D eigenvalue weighted by Gasteiger charge is -2.08. The van der Waals surface area contributed by atoms with Crippen LogP contribution in [-0.2, 0) is 0 Å². The van der Waals surface area contributed by atoms with Crippen LogP contribution in [0.2, 0.25) is 0 Å². The predicted molar refractivity (Wildman–Crippen MR) is 70.6 cm³/mol. The topological polar surface area (TPSA) is 65.1 Å². The summed E-state index contributed by atoms with van der Waals surface area (Å²) in [5.74, 6) is 0. The maximum atomic E-state index is 10.3. The lowest BCUT2D eigenvalue weighted by atomic mass is 10.1. The van der Waals surface area contributed by atoms with E-state index in [-0.39, 0.29) is 4.83 Å². The molecule has 2 rings (SSSR count). The summed E-state index contributed by atoms with van der Waals surface area (Å²) in [6.07, 6.45) is 1.68. The minimum atomic E-state index is -0.985. The highest BCUT2D eigenvalue weighted by Gasteiger charge is 2.12. The summed E-state index contributed by atoms with van der Waals surface area (Å²) >= 11 is 3.57. The summed E-state index contributed by atoms with van der Waals surface area (Å²) in [7, 11) is 0. The Bertz CT molecular complexity index is 524. The zero-order valence-corrected chi connectivity index (χ0v) is 10.7. The van der Waals surface area contributed by atoms with Gasteiger partial charge < -0.3 is 15.4 Å². The monoisotopic (exact) mass is 296 g/mol. The third kappa shape index (κ3) is 2.79. The Morgan fingerprint density at radius 2 is 2.24 bits per heavy atom. The van der Waals surface area contributed by atoms with Crippen LogP contribution in [-0.4, -0.2) is 22.7 Å². The Labute approximate surface area is 107 Å². The second-order valence-corrected chi connectivity index (χ2v) is 4.88. The van der Waals surface area contributed by atoms with Crippen molar-refractivity contribution in [3.8, 4) is 0 Å². The molecule has 1 aromatic carbocycles. The molecule has 17 heavy (non-hydrogen) atoms. The third-order valence-electron chi connectivity index (χ3n) is 2.62. The van der Waals surface area contributed by atoms with Crippen LogP contribution in [0.5, 0.6) is 0 Å². The van der Waals surface area contributed by atoms with Gasteiger partial charge in [-0.05, 0) is 11.8 Å². The molecule has 0 aliphatic carbocycles. The number of hydrogen-bond donors (Lipinski definition) is 3. The fourth-order valence-corrected chi connectivity index (χ4v) is 2.42. The largest absolute Gasteiger partial charge is 0.465 e. The predicted octanol–water partition coefficient (Wildman–Crippen LogP) is 3.26. The molecule has 5 heteroatoms. The molecule has 3 N–H and O–H groups in total. The van der Waals surface area contributed by atoms with E-state index < -0.39 is 6.09 Å². The van der Waals surface area contributed by atoms with Gasteiger partial charge in [-0.3, -0.25) is 0 Å². The smallest absolute Gasteiger partial charge is 0.404 e. The van der Waals surface area contributed by atoms with Gasteiger partial charge in [-0.2, -0.15) is 0 Å². The first-order chi connectivity index (χ1) is 8.18. The van der Waals surface area contributed by atoms with Crippen LogP contribution in [0.1, 0.15) is 16.9 Å². The number of benzene rings is 1. The summed E-state index contributed by atoms with van der Waals surface area (Å²) in [6, 6.07) is 8.09. The maximum Gasteiger partial charge on any atom is 0.404 e. The number of alkyl halides is 1. The Morgan fingerprint density at radius 1 is 1.47 bits per heavy atom. The molecule has 4 nitrogen and oxygen atoms in total. The number of carbonyl (C=O) groups is 1. The van der Waals surface area contributed by atoms with Gasteiger partial charge in [0.25, 0.3) is 0 Å². The Hall–Kier alpha value is -1.49. The van der Waals surface area contributed by atoms with E-state index in [0.717, 1.165) is 11.1 Å². The standard InChI is InChI=1S/C12H13BrN2O2/c13-10(5-6-14-12(16)17)11-9-4-2-1-3-8(9)7-15-11/h1-4,7,10,14-15H,5-6H2,(H,16,17). The quantitative estimate of drug-likeness (QED) is 0.758. The molecule has 0 bridgehead atoms. The van der Waals surface area contributed by atoms with Crippen LogP contribution in [0, 0.1) is 0 Å². The van der Waals surface area contributed by atoms with Crippen molar-refractivity contribution in [2.24, 2.45) is 0 Å². The molecule has 0 saturated carbocycles. The SMILES string of the molecule is O=C(O)NCCC(Br)c1[nH]cc2ccccc12.